The van der Waals surface area contributed by atoms with Crippen LogP contribution in [0.5, 0.6) is 0 Å². The van der Waals surface area contributed by atoms with Gasteiger partial charge in [0.2, 0.25) is 11.8 Å². The van der Waals surface area contributed by atoms with Gasteiger partial charge in [-0.15, -0.1) is 0 Å². The van der Waals surface area contributed by atoms with Crippen LogP contribution in [0.1, 0.15) is 33.6 Å². The lowest BCUT2D eigenvalue weighted by Crippen LogP contribution is -2.54. The van der Waals surface area contributed by atoms with Crippen LogP contribution >= 0.6 is 0 Å². The van der Waals surface area contributed by atoms with Gasteiger partial charge in [0, 0.05) is 51.4 Å². The second kappa shape index (κ2) is 13.1. The molecule has 1 atom stereocenters. The number of anilines is 1. The molecule has 1 unspecified atom stereocenters. The zero-order valence-corrected chi connectivity index (χ0v) is 21.0. The summed E-state index contributed by atoms with van der Waals surface area (Å²) in [4.78, 5) is 55.2. The zero-order valence-electron chi connectivity index (χ0n) is 21.0. The number of fused-ring (bicyclic) bond motifs is 1. The fourth-order valence-electron chi connectivity index (χ4n) is 4.70. The smallest absolute Gasteiger partial charge is 0.262 e. The number of benzene rings is 1. The summed E-state index contributed by atoms with van der Waals surface area (Å²) in [6.45, 7) is 7.90. The molecule has 0 saturated carbocycles. The molecule has 3 aliphatic heterocycles. The molecule has 0 aromatic heterocycles. The van der Waals surface area contributed by atoms with Crippen molar-refractivity contribution >= 4 is 29.3 Å². The van der Waals surface area contributed by atoms with Gasteiger partial charge >= 0.3 is 0 Å². The predicted molar refractivity (Wildman–Crippen MR) is 133 cm³/mol. The predicted octanol–water partition coefficient (Wildman–Crippen LogP) is -0.782. The molecule has 0 spiro atoms. The van der Waals surface area contributed by atoms with Crippen LogP contribution in [0.4, 0.5) is 5.69 Å². The molecule has 1 aromatic rings. The molecule has 1 aromatic carbocycles. The van der Waals surface area contributed by atoms with E-state index < -0.39 is 23.8 Å². The fourth-order valence-corrected chi connectivity index (χ4v) is 4.70. The van der Waals surface area contributed by atoms with Gasteiger partial charge in [-0.25, -0.2) is 0 Å². The van der Waals surface area contributed by atoms with Crippen LogP contribution < -0.4 is 16.0 Å². The van der Waals surface area contributed by atoms with Crippen molar-refractivity contribution in [2.24, 2.45) is 5.73 Å². The van der Waals surface area contributed by atoms with Crippen LogP contribution in [-0.2, 0) is 23.8 Å². The molecule has 12 nitrogen and oxygen atoms in total. The highest BCUT2D eigenvalue weighted by Crippen LogP contribution is 2.31. The third-order valence-corrected chi connectivity index (χ3v) is 6.72. The van der Waals surface area contributed by atoms with Crippen LogP contribution in [0.3, 0.4) is 0 Å². The number of piperazine rings is 1. The zero-order chi connectivity index (χ0) is 26.2. The second-order valence-corrected chi connectivity index (χ2v) is 9.13. The van der Waals surface area contributed by atoms with E-state index >= 15 is 0 Å². The van der Waals surface area contributed by atoms with Crippen molar-refractivity contribution in [2.45, 2.75) is 18.9 Å². The molecule has 2 saturated heterocycles. The summed E-state index contributed by atoms with van der Waals surface area (Å²) in [5, 5.41) is 2.22. The number of nitrogens with one attached hydrogen (secondary N) is 1. The Morgan fingerprint density at radius 1 is 0.838 bits per heavy atom. The van der Waals surface area contributed by atoms with E-state index in [1.807, 2.05) is 6.07 Å². The highest BCUT2D eigenvalue weighted by molar-refractivity contribution is 6.23. The Labute approximate surface area is 216 Å². The fraction of sp³-hybridized carbons (Fsp3) is 0.600. The van der Waals surface area contributed by atoms with Crippen molar-refractivity contribution in [2.75, 3.05) is 83.8 Å². The molecular formula is C25H35N5O7. The molecule has 2 fully saturated rings. The van der Waals surface area contributed by atoms with Crippen molar-refractivity contribution in [1.29, 1.82) is 0 Å². The number of amides is 4. The first-order chi connectivity index (χ1) is 18.0. The van der Waals surface area contributed by atoms with E-state index in [-0.39, 0.29) is 18.7 Å². The normalized spacial score (nSPS) is 20.5. The van der Waals surface area contributed by atoms with Gasteiger partial charge in [0.25, 0.3) is 11.8 Å². The summed E-state index contributed by atoms with van der Waals surface area (Å²) in [5.74, 6) is -1.97. The van der Waals surface area contributed by atoms with E-state index in [2.05, 4.69) is 15.1 Å². The van der Waals surface area contributed by atoms with E-state index in [0.717, 1.165) is 43.3 Å². The number of imide groups is 2. The van der Waals surface area contributed by atoms with Crippen LogP contribution in [-0.4, -0.2) is 118 Å². The lowest BCUT2D eigenvalue weighted by atomic mass is 10.0. The first-order valence-corrected chi connectivity index (χ1v) is 12.8. The minimum atomic E-state index is -0.957. The average Bonchev–Trinajstić information content (AvgIpc) is 3.15. The molecule has 202 valence electrons. The van der Waals surface area contributed by atoms with Crippen molar-refractivity contribution in [3.63, 3.8) is 0 Å². The molecule has 3 heterocycles. The molecular weight excluding hydrogens is 482 g/mol. The Balaban J connectivity index is 1.20. The summed E-state index contributed by atoms with van der Waals surface area (Å²) in [6, 6.07) is 4.28. The summed E-state index contributed by atoms with van der Waals surface area (Å²) in [6.07, 6.45) is 0.245. The Hall–Kier alpha value is -2.90. The SMILES string of the molecule is NCCOCCOCCOCCN1CCN(c2ccc3c(c2)C(=O)N(C2CCC(=O)NC2=O)C3=O)CC1. The third kappa shape index (κ3) is 6.70. The quantitative estimate of drug-likeness (QED) is 0.253. The number of ether oxygens (including phenoxy) is 3. The number of hydrogen-bond acceptors (Lipinski definition) is 10. The number of piperidine rings is 1. The molecule has 0 bridgehead atoms. The first-order valence-electron chi connectivity index (χ1n) is 12.8. The van der Waals surface area contributed by atoms with Gasteiger partial charge in [-0.3, -0.25) is 34.3 Å². The maximum Gasteiger partial charge on any atom is 0.262 e. The van der Waals surface area contributed by atoms with Gasteiger partial charge in [-0.1, -0.05) is 0 Å². The largest absolute Gasteiger partial charge is 0.378 e. The number of rotatable bonds is 13. The number of nitrogens with two attached hydrogens (primary N) is 1. The van der Waals surface area contributed by atoms with Crippen LogP contribution in [0.25, 0.3) is 0 Å². The van der Waals surface area contributed by atoms with Gasteiger partial charge in [-0.05, 0) is 24.6 Å². The van der Waals surface area contributed by atoms with Crippen molar-refractivity contribution < 1.29 is 33.4 Å². The number of carbonyl (C=O) groups is 4. The van der Waals surface area contributed by atoms with Crippen LogP contribution in [0, 0.1) is 0 Å². The average molecular weight is 518 g/mol. The Bertz CT molecular complexity index is 996. The molecule has 3 N–H and O–H groups in total. The van der Waals surface area contributed by atoms with Gasteiger partial charge in [0.05, 0.1) is 50.8 Å². The Morgan fingerprint density at radius 3 is 2.16 bits per heavy atom. The summed E-state index contributed by atoms with van der Waals surface area (Å²) in [5.41, 5.74) is 6.81. The highest BCUT2D eigenvalue weighted by Gasteiger charge is 2.44. The van der Waals surface area contributed by atoms with E-state index in [1.54, 1.807) is 12.1 Å². The second-order valence-electron chi connectivity index (χ2n) is 9.13. The molecule has 4 rings (SSSR count). The standard InChI is InChI=1S/C25H35N5O7/c26-5-11-35-13-15-37-16-14-36-12-10-28-6-8-29(9-7-28)18-1-2-19-20(17-18)25(34)30(24(19)33)21-3-4-22(31)27-23(21)32/h1-2,17,21H,3-16,26H2,(H,27,31,32). The van der Waals surface area contributed by atoms with Gasteiger partial charge in [0.15, 0.2) is 0 Å². The molecule has 37 heavy (non-hydrogen) atoms. The number of hydrogen-bond donors (Lipinski definition) is 2. The number of carbonyl (C=O) groups excluding carboxylic acids is 4. The number of nitrogens with zero attached hydrogens (tertiary/aromatic N) is 3. The van der Waals surface area contributed by atoms with Crippen molar-refractivity contribution in [3.8, 4) is 0 Å². The van der Waals surface area contributed by atoms with Crippen molar-refractivity contribution in [3.05, 3.63) is 29.3 Å². The first kappa shape index (κ1) is 27.1. The summed E-state index contributed by atoms with van der Waals surface area (Å²) in [7, 11) is 0. The van der Waals surface area contributed by atoms with E-state index in [4.69, 9.17) is 19.9 Å². The maximum atomic E-state index is 13.1. The third-order valence-electron chi connectivity index (χ3n) is 6.72. The van der Waals surface area contributed by atoms with Crippen LogP contribution in [0.2, 0.25) is 0 Å². The summed E-state index contributed by atoms with van der Waals surface area (Å²) < 4.78 is 16.3. The lowest BCUT2D eigenvalue weighted by molar-refractivity contribution is -0.136. The van der Waals surface area contributed by atoms with Gasteiger partial charge in [-0.2, -0.15) is 0 Å². The van der Waals surface area contributed by atoms with E-state index in [1.165, 1.54) is 0 Å². The molecule has 3 aliphatic rings. The van der Waals surface area contributed by atoms with Crippen LogP contribution in [0.15, 0.2) is 18.2 Å². The monoisotopic (exact) mass is 517 g/mol. The van der Waals surface area contributed by atoms with Gasteiger partial charge in [0.1, 0.15) is 6.04 Å². The molecule has 0 aliphatic carbocycles. The molecule has 0 radical (unpaired) electrons. The summed E-state index contributed by atoms with van der Waals surface area (Å²) >= 11 is 0. The Morgan fingerprint density at radius 2 is 1.49 bits per heavy atom. The minimum absolute atomic E-state index is 0.100. The minimum Gasteiger partial charge on any atom is -0.378 e. The molecule has 12 heteroatoms. The topological polar surface area (TPSA) is 144 Å². The van der Waals surface area contributed by atoms with Gasteiger partial charge < -0.3 is 24.8 Å². The van der Waals surface area contributed by atoms with E-state index in [9.17, 15) is 19.2 Å². The van der Waals surface area contributed by atoms with E-state index in [0.29, 0.717) is 57.3 Å². The highest BCUT2D eigenvalue weighted by atomic mass is 16.5. The van der Waals surface area contributed by atoms with Crippen molar-refractivity contribution in [1.82, 2.24) is 15.1 Å². The maximum absolute atomic E-state index is 13.1. The lowest BCUT2D eigenvalue weighted by Gasteiger charge is -2.36. The Kier molecular flexibility index (Phi) is 9.58. The molecule has 4 amide bonds.